The van der Waals surface area contributed by atoms with Crippen molar-refractivity contribution in [2.24, 2.45) is 0 Å². The Morgan fingerprint density at radius 2 is 1.79 bits per heavy atom. The molecule has 1 N–H and O–H groups in total. The first-order valence-corrected chi connectivity index (χ1v) is 7.33. The maximum atomic E-state index is 13.1. The summed E-state index contributed by atoms with van der Waals surface area (Å²) in [5, 5.41) is 10.4. The smallest absolute Gasteiger partial charge is 0.423 e. The van der Waals surface area contributed by atoms with Crippen LogP contribution in [0.1, 0.15) is 38.8 Å². The molecule has 0 amide bonds. The van der Waals surface area contributed by atoms with Gasteiger partial charge in [0.25, 0.3) is 0 Å². The van der Waals surface area contributed by atoms with E-state index in [9.17, 15) is 18.2 Å². The van der Waals surface area contributed by atoms with Crippen LogP contribution in [0, 0.1) is 0 Å². The molecule has 9 heteroatoms. The molecule has 0 bridgehead atoms. The first kappa shape index (κ1) is 19.0. The molecule has 2 rings (SSSR count). The van der Waals surface area contributed by atoms with Crippen molar-refractivity contribution in [3.05, 3.63) is 23.3 Å². The molecule has 0 aromatic heterocycles. The van der Waals surface area contributed by atoms with Crippen LogP contribution in [0.25, 0.3) is 0 Å². The lowest BCUT2D eigenvalue weighted by Crippen LogP contribution is -2.57. The lowest BCUT2D eigenvalue weighted by atomic mass is 9.72. The molecule has 134 valence electrons. The van der Waals surface area contributed by atoms with Gasteiger partial charge in [0.2, 0.25) is 0 Å². The maximum absolute atomic E-state index is 13.1. The fourth-order valence-corrected chi connectivity index (χ4v) is 2.20. The Kier molecular flexibility index (Phi) is 4.93. The van der Waals surface area contributed by atoms with Crippen LogP contribution in [0.2, 0.25) is 0 Å². The van der Waals surface area contributed by atoms with Crippen LogP contribution < -0.4 is 10.4 Å². The largest absolute Gasteiger partial charge is 0.495 e. The minimum absolute atomic E-state index is 0.0495. The first-order valence-electron chi connectivity index (χ1n) is 7.33. The highest BCUT2D eigenvalue weighted by Gasteiger charge is 2.47. The van der Waals surface area contributed by atoms with Crippen molar-refractivity contribution >= 4 is 12.6 Å². The molecule has 1 aromatic carbocycles. The molecule has 5 nitrogen and oxygen atoms in total. The standard InChI is InChI=1S/C15H20BF3O5/c1-13(2)14(3,4)24-22-11-7-10(15(17,18)19)6-9(8-21-5)12(11)16(20)23-13/h6-7,20H,8H2,1-5H3. The van der Waals surface area contributed by atoms with E-state index in [0.29, 0.717) is 0 Å². The van der Waals surface area contributed by atoms with Gasteiger partial charge in [0, 0.05) is 12.6 Å². The fraction of sp³-hybridized carbons (Fsp3) is 0.600. The van der Waals surface area contributed by atoms with E-state index in [1.807, 2.05) is 0 Å². The number of benzene rings is 1. The summed E-state index contributed by atoms with van der Waals surface area (Å²) in [6.45, 7) is 6.51. The molecule has 1 aliphatic heterocycles. The molecule has 0 unspecified atom stereocenters. The maximum Gasteiger partial charge on any atom is 0.495 e. The third-order valence-corrected chi connectivity index (χ3v) is 4.30. The number of fused-ring (bicyclic) bond motifs is 1. The Labute approximate surface area is 138 Å². The molecule has 0 radical (unpaired) electrons. The number of halogens is 3. The fourth-order valence-electron chi connectivity index (χ4n) is 2.20. The number of ether oxygens (including phenoxy) is 1. The molecular weight excluding hydrogens is 328 g/mol. The number of alkyl halides is 3. The molecule has 0 spiro atoms. The Bertz CT molecular complexity index is 616. The van der Waals surface area contributed by atoms with Crippen LogP contribution in [0.4, 0.5) is 13.2 Å². The number of hydrogen-bond donors (Lipinski definition) is 1. The molecule has 0 saturated carbocycles. The Hall–Kier alpha value is -1.29. The van der Waals surface area contributed by atoms with Crippen molar-refractivity contribution < 1.29 is 37.4 Å². The quantitative estimate of drug-likeness (QED) is 0.657. The Morgan fingerprint density at radius 3 is 2.33 bits per heavy atom. The summed E-state index contributed by atoms with van der Waals surface area (Å²) in [5.41, 5.74) is -2.78. The van der Waals surface area contributed by atoms with Gasteiger partial charge in [0.15, 0.2) is 5.75 Å². The zero-order chi connectivity index (χ0) is 18.3. The van der Waals surface area contributed by atoms with E-state index in [0.717, 1.165) is 12.1 Å². The molecule has 0 atom stereocenters. The summed E-state index contributed by atoms with van der Waals surface area (Å²) in [7, 11) is -0.154. The molecule has 0 aliphatic carbocycles. The third kappa shape index (κ3) is 3.54. The van der Waals surface area contributed by atoms with Gasteiger partial charge in [-0.1, -0.05) is 0 Å². The average Bonchev–Trinajstić information content (AvgIpc) is 2.42. The first-order chi connectivity index (χ1) is 10.9. The van der Waals surface area contributed by atoms with E-state index >= 15 is 0 Å². The van der Waals surface area contributed by atoms with Crippen LogP contribution in [0.3, 0.4) is 0 Å². The van der Waals surface area contributed by atoms with E-state index in [2.05, 4.69) is 0 Å². The van der Waals surface area contributed by atoms with Crippen LogP contribution in [-0.4, -0.2) is 30.5 Å². The van der Waals surface area contributed by atoms with Gasteiger partial charge >= 0.3 is 13.3 Å². The van der Waals surface area contributed by atoms with Crippen molar-refractivity contribution in [2.75, 3.05) is 7.11 Å². The summed E-state index contributed by atoms with van der Waals surface area (Å²) in [6.07, 6.45) is -4.58. The van der Waals surface area contributed by atoms with Crippen molar-refractivity contribution in [3.63, 3.8) is 0 Å². The predicted molar refractivity (Wildman–Crippen MR) is 80.7 cm³/mol. The summed E-state index contributed by atoms with van der Waals surface area (Å²) in [5.74, 6) is -0.257. The second kappa shape index (κ2) is 6.22. The predicted octanol–water partition coefficient (Wildman–Crippen LogP) is 2.44. The van der Waals surface area contributed by atoms with Gasteiger partial charge < -0.3 is 19.3 Å². The lowest BCUT2D eigenvalue weighted by Gasteiger charge is -2.42. The lowest BCUT2D eigenvalue weighted by molar-refractivity contribution is -0.320. The van der Waals surface area contributed by atoms with Crippen molar-refractivity contribution in [3.8, 4) is 5.75 Å². The molecule has 24 heavy (non-hydrogen) atoms. The monoisotopic (exact) mass is 348 g/mol. The van der Waals surface area contributed by atoms with Crippen molar-refractivity contribution in [1.82, 2.24) is 0 Å². The SMILES string of the molecule is COCc1cc(C(F)(F)F)cc2c1B(O)OC(C)(C)C(C)(C)OO2. The van der Waals surface area contributed by atoms with Crippen molar-refractivity contribution in [2.45, 2.75) is 51.7 Å². The van der Waals surface area contributed by atoms with Gasteiger partial charge in [0.1, 0.15) is 5.60 Å². The molecule has 0 fully saturated rings. The van der Waals surface area contributed by atoms with Crippen LogP contribution in [0.15, 0.2) is 12.1 Å². The van der Waals surface area contributed by atoms with E-state index in [1.54, 1.807) is 27.7 Å². The van der Waals surface area contributed by atoms with Gasteiger partial charge in [-0.05, 0) is 45.4 Å². The minimum atomic E-state index is -4.58. The van der Waals surface area contributed by atoms with Gasteiger partial charge in [0.05, 0.1) is 17.8 Å². The van der Waals surface area contributed by atoms with Crippen LogP contribution in [0.5, 0.6) is 5.75 Å². The summed E-state index contributed by atoms with van der Waals surface area (Å²) in [6, 6.07) is 1.67. The number of rotatable bonds is 2. The molecular formula is C15H20BF3O5. The minimum Gasteiger partial charge on any atom is -0.423 e. The molecule has 1 aromatic rings. The highest BCUT2D eigenvalue weighted by molar-refractivity contribution is 6.61. The number of methoxy groups -OCH3 is 1. The van der Waals surface area contributed by atoms with Gasteiger partial charge in [-0.25, -0.2) is 0 Å². The topological polar surface area (TPSA) is 57.2 Å². The zero-order valence-electron chi connectivity index (χ0n) is 14.2. The summed E-state index contributed by atoms with van der Waals surface area (Å²) >= 11 is 0. The summed E-state index contributed by atoms with van der Waals surface area (Å²) < 4.78 is 49.9. The van der Waals surface area contributed by atoms with Gasteiger partial charge in [-0.2, -0.15) is 18.1 Å². The van der Waals surface area contributed by atoms with Crippen molar-refractivity contribution in [1.29, 1.82) is 0 Å². The van der Waals surface area contributed by atoms with E-state index in [4.69, 9.17) is 19.2 Å². The highest BCUT2D eigenvalue weighted by atomic mass is 19.4. The second-order valence-electron chi connectivity index (χ2n) is 6.64. The molecule has 0 saturated heterocycles. The average molecular weight is 348 g/mol. The number of hydrogen-bond acceptors (Lipinski definition) is 5. The molecule has 1 aliphatic rings. The van der Waals surface area contributed by atoms with E-state index in [-0.39, 0.29) is 23.4 Å². The van der Waals surface area contributed by atoms with Crippen LogP contribution >= 0.6 is 0 Å². The normalized spacial score (nSPS) is 20.0. The summed E-state index contributed by atoms with van der Waals surface area (Å²) in [4.78, 5) is 10.5. The Balaban J connectivity index is 2.61. The van der Waals surface area contributed by atoms with E-state index < -0.39 is 30.1 Å². The van der Waals surface area contributed by atoms with E-state index in [1.165, 1.54) is 7.11 Å². The highest BCUT2D eigenvalue weighted by Crippen LogP contribution is 2.36. The zero-order valence-corrected chi connectivity index (χ0v) is 14.2. The second-order valence-corrected chi connectivity index (χ2v) is 6.64. The van der Waals surface area contributed by atoms with Gasteiger partial charge in [-0.15, -0.1) is 0 Å². The third-order valence-electron chi connectivity index (χ3n) is 4.30. The molecule has 1 heterocycles. The Morgan fingerprint density at radius 1 is 1.17 bits per heavy atom. The van der Waals surface area contributed by atoms with Gasteiger partial charge in [-0.3, -0.25) is 0 Å². The van der Waals surface area contributed by atoms with Crippen LogP contribution in [-0.2, 0) is 27.1 Å².